The van der Waals surface area contributed by atoms with E-state index in [0.717, 1.165) is 37.3 Å². The number of rotatable bonds is 7. The number of fused-ring (bicyclic) bond motifs is 1. The van der Waals surface area contributed by atoms with Crippen LogP contribution in [-0.4, -0.2) is 66.9 Å². The maximum atomic E-state index is 10.3. The minimum atomic E-state index is -0.450. The molecular formula is C20H28N2O2. The van der Waals surface area contributed by atoms with Crippen molar-refractivity contribution in [3.8, 4) is 5.75 Å². The number of benzene rings is 2. The van der Waals surface area contributed by atoms with Gasteiger partial charge < -0.3 is 14.7 Å². The lowest BCUT2D eigenvalue weighted by Crippen LogP contribution is -2.49. The lowest BCUT2D eigenvalue weighted by atomic mass is 10.1. The van der Waals surface area contributed by atoms with E-state index < -0.39 is 6.10 Å². The van der Waals surface area contributed by atoms with Crippen LogP contribution in [0.1, 0.15) is 13.3 Å². The van der Waals surface area contributed by atoms with Crippen molar-refractivity contribution in [2.45, 2.75) is 19.4 Å². The second kappa shape index (κ2) is 8.47. The fourth-order valence-corrected chi connectivity index (χ4v) is 3.31. The van der Waals surface area contributed by atoms with Crippen LogP contribution in [0.4, 0.5) is 0 Å². The molecule has 0 spiro atoms. The predicted molar refractivity (Wildman–Crippen MR) is 98.6 cm³/mol. The summed E-state index contributed by atoms with van der Waals surface area (Å²) in [5.41, 5.74) is 0. The summed E-state index contributed by atoms with van der Waals surface area (Å²) in [7, 11) is 0. The Labute approximate surface area is 144 Å². The second-order valence-corrected chi connectivity index (χ2v) is 6.62. The third kappa shape index (κ3) is 4.69. The van der Waals surface area contributed by atoms with Crippen molar-refractivity contribution in [1.29, 1.82) is 0 Å². The van der Waals surface area contributed by atoms with E-state index in [2.05, 4.69) is 34.9 Å². The summed E-state index contributed by atoms with van der Waals surface area (Å²) in [6.07, 6.45) is 0.761. The standard InChI is InChI=1S/C20H28N2O2/c1-2-9-21-10-12-22(13-11-21)15-19(23)16-24-20-8-7-17-5-3-4-6-18(17)14-20/h3-8,14,19,23H,2,9-13,15-16H2,1H3. The van der Waals surface area contributed by atoms with Gasteiger partial charge in [-0.1, -0.05) is 37.3 Å². The summed E-state index contributed by atoms with van der Waals surface area (Å²) in [6.45, 7) is 8.71. The Hall–Kier alpha value is -1.62. The fraction of sp³-hybridized carbons (Fsp3) is 0.500. The van der Waals surface area contributed by atoms with Crippen molar-refractivity contribution < 1.29 is 9.84 Å². The number of aliphatic hydroxyl groups excluding tert-OH is 1. The quantitative estimate of drug-likeness (QED) is 0.847. The Kier molecular flexibility index (Phi) is 6.07. The number of β-amino-alcohol motifs (C(OH)–C–C–N with tert-alkyl or cyclic N) is 1. The highest BCUT2D eigenvalue weighted by Crippen LogP contribution is 2.20. The Bertz CT molecular complexity index is 638. The number of ether oxygens (including phenoxy) is 1. The first kappa shape index (κ1) is 17.2. The smallest absolute Gasteiger partial charge is 0.120 e. The molecule has 0 radical (unpaired) electrons. The summed E-state index contributed by atoms with van der Waals surface area (Å²) >= 11 is 0. The van der Waals surface area contributed by atoms with Crippen LogP contribution >= 0.6 is 0 Å². The Balaban J connectivity index is 1.44. The molecule has 0 bridgehead atoms. The summed E-state index contributed by atoms with van der Waals surface area (Å²) in [6, 6.07) is 14.3. The highest BCUT2D eigenvalue weighted by atomic mass is 16.5. The maximum Gasteiger partial charge on any atom is 0.120 e. The van der Waals surface area contributed by atoms with Gasteiger partial charge in [0.15, 0.2) is 0 Å². The molecule has 1 aliphatic rings. The van der Waals surface area contributed by atoms with Gasteiger partial charge in [-0.3, -0.25) is 4.90 Å². The Morgan fingerprint density at radius 3 is 2.46 bits per heavy atom. The number of piperazine rings is 1. The third-order valence-electron chi connectivity index (χ3n) is 4.64. The van der Waals surface area contributed by atoms with E-state index in [4.69, 9.17) is 4.74 Å². The van der Waals surface area contributed by atoms with Gasteiger partial charge in [0.05, 0.1) is 0 Å². The van der Waals surface area contributed by atoms with Crippen molar-refractivity contribution in [3.05, 3.63) is 42.5 Å². The zero-order chi connectivity index (χ0) is 16.8. The molecule has 2 aromatic carbocycles. The summed E-state index contributed by atoms with van der Waals surface area (Å²) in [4.78, 5) is 4.83. The van der Waals surface area contributed by atoms with Crippen LogP contribution in [0.3, 0.4) is 0 Å². The first-order valence-corrected chi connectivity index (χ1v) is 8.99. The molecule has 1 aliphatic heterocycles. The normalized spacial score (nSPS) is 17.9. The lowest BCUT2D eigenvalue weighted by molar-refractivity contribution is 0.0461. The molecule has 0 amide bonds. The van der Waals surface area contributed by atoms with E-state index in [0.29, 0.717) is 13.2 Å². The van der Waals surface area contributed by atoms with Crippen LogP contribution in [0, 0.1) is 0 Å². The molecule has 1 fully saturated rings. The van der Waals surface area contributed by atoms with Crippen molar-refractivity contribution in [2.24, 2.45) is 0 Å². The predicted octanol–water partition coefficient (Wildman–Crippen LogP) is 2.61. The van der Waals surface area contributed by atoms with Gasteiger partial charge in [0, 0.05) is 32.7 Å². The van der Waals surface area contributed by atoms with Crippen molar-refractivity contribution in [1.82, 2.24) is 9.80 Å². The molecule has 0 aromatic heterocycles. The molecule has 1 unspecified atom stereocenters. The third-order valence-corrected chi connectivity index (χ3v) is 4.64. The number of aliphatic hydroxyl groups is 1. The topological polar surface area (TPSA) is 35.9 Å². The van der Waals surface area contributed by atoms with E-state index in [-0.39, 0.29) is 0 Å². The zero-order valence-corrected chi connectivity index (χ0v) is 14.5. The summed E-state index contributed by atoms with van der Waals surface area (Å²) in [5, 5.41) is 12.6. The molecule has 130 valence electrons. The van der Waals surface area contributed by atoms with Crippen LogP contribution in [-0.2, 0) is 0 Å². The minimum Gasteiger partial charge on any atom is -0.491 e. The van der Waals surface area contributed by atoms with Crippen LogP contribution in [0.2, 0.25) is 0 Å². The molecule has 24 heavy (non-hydrogen) atoms. The molecule has 1 atom stereocenters. The molecular weight excluding hydrogens is 300 g/mol. The number of hydrogen-bond donors (Lipinski definition) is 1. The summed E-state index contributed by atoms with van der Waals surface area (Å²) < 4.78 is 5.79. The van der Waals surface area contributed by atoms with E-state index in [1.165, 1.54) is 18.4 Å². The molecule has 4 nitrogen and oxygen atoms in total. The van der Waals surface area contributed by atoms with Crippen LogP contribution in [0.15, 0.2) is 42.5 Å². The van der Waals surface area contributed by atoms with Crippen molar-refractivity contribution in [2.75, 3.05) is 45.9 Å². The van der Waals surface area contributed by atoms with E-state index in [9.17, 15) is 5.11 Å². The summed E-state index contributed by atoms with van der Waals surface area (Å²) in [5.74, 6) is 0.820. The first-order valence-electron chi connectivity index (χ1n) is 8.99. The monoisotopic (exact) mass is 328 g/mol. The molecule has 3 rings (SSSR count). The van der Waals surface area contributed by atoms with Gasteiger partial charge in [0.1, 0.15) is 18.5 Å². The molecule has 0 saturated carbocycles. The Morgan fingerprint density at radius 2 is 1.71 bits per heavy atom. The number of hydrogen-bond acceptors (Lipinski definition) is 4. The van der Waals surface area contributed by atoms with Crippen LogP contribution in [0.25, 0.3) is 10.8 Å². The van der Waals surface area contributed by atoms with Gasteiger partial charge >= 0.3 is 0 Å². The minimum absolute atomic E-state index is 0.341. The van der Waals surface area contributed by atoms with E-state index in [1.54, 1.807) is 0 Å². The van der Waals surface area contributed by atoms with Gasteiger partial charge in [-0.05, 0) is 35.9 Å². The van der Waals surface area contributed by atoms with Crippen molar-refractivity contribution in [3.63, 3.8) is 0 Å². The average molecular weight is 328 g/mol. The van der Waals surface area contributed by atoms with Crippen LogP contribution < -0.4 is 4.74 Å². The molecule has 1 saturated heterocycles. The van der Waals surface area contributed by atoms with Gasteiger partial charge in [-0.2, -0.15) is 0 Å². The zero-order valence-electron chi connectivity index (χ0n) is 14.5. The van der Waals surface area contributed by atoms with E-state index >= 15 is 0 Å². The van der Waals surface area contributed by atoms with Gasteiger partial charge in [-0.25, -0.2) is 0 Å². The molecule has 0 aliphatic carbocycles. The SMILES string of the molecule is CCCN1CCN(CC(O)COc2ccc3ccccc3c2)CC1. The lowest BCUT2D eigenvalue weighted by Gasteiger charge is -2.35. The largest absolute Gasteiger partial charge is 0.491 e. The second-order valence-electron chi connectivity index (χ2n) is 6.62. The van der Waals surface area contributed by atoms with E-state index in [1.807, 2.05) is 24.3 Å². The molecule has 1 heterocycles. The molecule has 2 aromatic rings. The fourth-order valence-electron chi connectivity index (χ4n) is 3.31. The number of nitrogens with zero attached hydrogens (tertiary/aromatic N) is 2. The first-order chi connectivity index (χ1) is 11.7. The van der Waals surface area contributed by atoms with Gasteiger partial charge in [0.25, 0.3) is 0 Å². The average Bonchev–Trinajstić information content (AvgIpc) is 2.62. The van der Waals surface area contributed by atoms with Crippen LogP contribution in [0.5, 0.6) is 5.75 Å². The molecule has 1 N–H and O–H groups in total. The Morgan fingerprint density at radius 1 is 1.00 bits per heavy atom. The van der Waals surface area contributed by atoms with Crippen molar-refractivity contribution >= 4 is 10.8 Å². The van der Waals surface area contributed by atoms with Gasteiger partial charge in [-0.15, -0.1) is 0 Å². The van der Waals surface area contributed by atoms with Gasteiger partial charge in [0.2, 0.25) is 0 Å². The highest BCUT2D eigenvalue weighted by Gasteiger charge is 2.18. The highest BCUT2D eigenvalue weighted by molar-refractivity contribution is 5.83. The maximum absolute atomic E-state index is 10.3. The molecule has 4 heteroatoms.